The molecule has 0 aliphatic rings. The van der Waals surface area contributed by atoms with Gasteiger partial charge in [0.25, 0.3) is 0 Å². The number of benzene rings is 1. The first-order valence-corrected chi connectivity index (χ1v) is 5.38. The fourth-order valence-electron chi connectivity index (χ4n) is 0.632. The first-order chi connectivity index (χ1) is 5.93. The van der Waals surface area contributed by atoms with E-state index < -0.39 is 10.9 Å². The Kier molecular flexibility index (Phi) is 5.68. The number of hydrogen-bond acceptors (Lipinski definition) is 3. The average molecular weight is 267 g/mol. The van der Waals surface area contributed by atoms with Gasteiger partial charge in [-0.25, -0.2) is 13.6 Å². The number of hydrogen-bond donors (Lipinski definition) is 3. The third-order valence-electron chi connectivity index (χ3n) is 1.16. The van der Waals surface area contributed by atoms with Gasteiger partial charge in [-0.3, -0.25) is 0 Å². The highest BCUT2D eigenvalue weighted by molar-refractivity contribution is 9.10. The third kappa shape index (κ3) is 6.56. The van der Waals surface area contributed by atoms with Crippen molar-refractivity contribution in [1.82, 2.24) is 0 Å². The predicted molar refractivity (Wildman–Crippen MR) is 57.8 cm³/mol. The topological polar surface area (TPSA) is 86.2 Å². The van der Waals surface area contributed by atoms with E-state index in [0.29, 0.717) is 0 Å². The summed E-state index contributed by atoms with van der Waals surface area (Å²) in [7, 11) is -2.62. The quantitative estimate of drug-likeness (QED) is 0.480. The van der Waals surface area contributed by atoms with Crippen LogP contribution in [0.25, 0.3) is 0 Å². The Morgan fingerprint density at radius 2 is 1.85 bits per heavy atom. The molecular formula is C7H11BrN2O2S. The second kappa shape index (κ2) is 5.95. The zero-order chi connectivity index (χ0) is 10.4. The SMILES string of the molecule is Cc1ccc(N)c(Br)c1.N[SH](=O)=O. The van der Waals surface area contributed by atoms with Gasteiger partial charge in [0.15, 0.2) is 10.9 Å². The minimum absolute atomic E-state index is 0.792. The molecule has 0 atom stereocenters. The lowest BCUT2D eigenvalue weighted by Crippen LogP contribution is -1.85. The van der Waals surface area contributed by atoms with Gasteiger partial charge >= 0.3 is 0 Å². The molecular weight excluding hydrogens is 256 g/mol. The molecule has 1 aromatic rings. The summed E-state index contributed by atoms with van der Waals surface area (Å²) in [5, 5.41) is 4.06. The van der Waals surface area contributed by atoms with E-state index in [0.717, 1.165) is 10.2 Å². The molecule has 0 spiro atoms. The Morgan fingerprint density at radius 3 is 2.15 bits per heavy atom. The Bertz CT molecular complexity index is 344. The fraction of sp³-hybridized carbons (Fsp3) is 0.143. The van der Waals surface area contributed by atoms with E-state index in [-0.39, 0.29) is 0 Å². The number of thiol groups is 1. The Hall–Kier alpha value is -0.590. The molecule has 0 aliphatic heterocycles. The molecule has 4 N–H and O–H groups in total. The molecule has 0 saturated heterocycles. The van der Waals surface area contributed by atoms with Crippen LogP contribution < -0.4 is 10.9 Å². The molecule has 0 heterocycles. The van der Waals surface area contributed by atoms with Crippen molar-refractivity contribution in [3.05, 3.63) is 28.2 Å². The van der Waals surface area contributed by atoms with Crippen molar-refractivity contribution in [3.63, 3.8) is 0 Å². The first kappa shape index (κ1) is 12.4. The van der Waals surface area contributed by atoms with E-state index in [4.69, 9.17) is 14.2 Å². The molecule has 0 saturated carbocycles. The standard InChI is InChI=1S/C7H8BrN.H3NO2S/c1-5-2-3-7(9)6(8)4-5;1-4(2)3/h2-4H,9H2,1H3;4H,(H2,1,2,3). The van der Waals surface area contributed by atoms with E-state index in [1.54, 1.807) is 0 Å². The number of nitrogens with two attached hydrogens (primary N) is 2. The highest BCUT2D eigenvalue weighted by Gasteiger charge is 1.91. The van der Waals surface area contributed by atoms with Crippen molar-refractivity contribution < 1.29 is 8.42 Å². The lowest BCUT2D eigenvalue weighted by Gasteiger charge is -1.96. The van der Waals surface area contributed by atoms with Gasteiger partial charge < -0.3 is 5.73 Å². The molecule has 0 aromatic heterocycles. The molecule has 0 aliphatic carbocycles. The minimum atomic E-state index is -2.62. The van der Waals surface area contributed by atoms with E-state index in [9.17, 15) is 0 Å². The van der Waals surface area contributed by atoms with Gasteiger partial charge in [0.2, 0.25) is 0 Å². The van der Waals surface area contributed by atoms with Gasteiger partial charge in [0.1, 0.15) is 0 Å². The molecule has 1 rings (SSSR count). The number of rotatable bonds is 0. The number of halogens is 1. The van der Waals surface area contributed by atoms with Gasteiger partial charge in [-0.2, -0.15) is 0 Å². The van der Waals surface area contributed by atoms with Crippen LogP contribution in [0, 0.1) is 6.92 Å². The van der Waals surface area contributed by atoms with Gasteiger partial charge in [-0.05, 0) is 40.5 Å². The average Bonchev–Trinajstić information content (AvgIpc) is 1.96. The van der Waals surface area contributed by atoms with Crippen molar-refractivity contribution in [2.24, 2.45) is 5.14 Å². The first-order valence-electron chi connectivity index (χ1n) is 3.34. The van der Waals surface area contributed by atoms with Gasteiger partial charge in [0, 0.05) is 10.2 Å². The summed E-state index contributed by atoms with van der Waals surface area (Å²) in [5.74, 6) is 0. The van der Waals surface area contributed by atoms with Crippen LogP contribution in [0.1, 0.15) is 5.56 Å². The molecule has 0 bridgehead atoms. The highest BCUT2D eigenvalue weighted by Crippen LogP contribution is 2.19. The highest BCUT2D eigenvalue weighted by atomic mass is 79.9. The van der Waals surface area contributed by atoms with Gasteiger partial charge in [-0.15, -0.1) is 0 Å². The maximum Gasteiger partial charge on any atom is 0.198 e. The maximum absolute atomic E-state index is 8.81. The van der Waals surface area contributed by atoms with Crippen molar-refractivity contribution in [3.8, 4) is 0 Å². The lowest BCUT2D eigenvalue weighted by atomic mass is 10.2. The smallest absolute Gasteiger partial charge is 0.198 e. The van der Waals surface area contributed by atoms with Crippen molar-refractivity contribution in [2.45, 2.75) is 6.92 Å². The zero-order valence-corrected chi connectivity index (χ0v) is 9.51. The number of anilines is 1. The summed E-state index contributed by atoms with van der Waals surface area (Å²) < 4.78 is 18.6. The largest absolute Gasteiger partial charge is 0.398 e. The van der Waals surface area contributed by atoms with Crippen LogP contribution in [-0.2, 0) is 10.9 Å². The molecule has 0 amide bonds. The van der Waals surface area contributed by atoms with Crippen molar-refractivity contribution in [1.29, 1.82) is 0 Å². The molecule has 13 heavy (non-hydrogen) atoms. The summed E-state index contributed by atoms with van der Waals surface area (Å²) in [5.41, 5.74) is 7.55. The summed E-state index contributed by atoms with van der Waals surface area (Å²) in [6, 6.07) is 5.87. The van der Waals surface area contributed by atoms with Crippen LogP contribution in [0.2, 0.25) is 0 Å². The van der Waals surface area contributed by atoms with Crippen molar-refractivity contribution >= 4 is 32.5 Å². The molecule has 74 valence electrons. The van der Waals surface area contributed by atoms with Crippen LogP contribution >= 0.6 is 15.9 Å². The van der Waals surface area contributed by atoms with E-state index >= 15 is 0 Å². The molecule has 0 fully saturated rings. The maximum atomic E-state index is 8.81. The normalized spacial score (nSPS) is 9.23. The second-order valence-corrected chi connectivity index (χ2v) is 3.74. The molecule has 4 nitrogen and oxygen atoms in total. The number of nitrogen functional groups attached to an aromatic ring is 1. The summed E-state index contributed by atoms with van der Waals surface area (Å²) in [6.07, 6.45) is 0. The summed E-state index contributed by atoms with van der Waals surface area (Å²) in [4.78, 5) is 0. The monoisotopic (exact) mass is 266 g/mol. The van der Waals surface area contributed by atoms with Crippen molar-refractivity contribution in [2.75, 3.05) is 5.73 Å². The van der Waals surface area contributed by atoms with Crippen LogP contribution in [-0.4, -0.2) is 8.42 Å². The van der Waals surface area contributed by atoms with Crippen LogP contribution in [0.5, 0.6) is 0 Å². The Balaban J connectivity index is 0.000000310. The second-order valence-electron chi connectivity index (χ2n) is 2.31. The molecule has 0 unspecified atom stereocenters. The summed E-state index contributed by atoms with van der Waals surface area (Å²) in [6.45, 7) is 2.03. The van der Waals surface area contributed by atoms with Crippen LogP contribution in [0.4, 0.5) is 5.69 Å². The molecule has 6 heteroatoms. The fourth-order valence-corrected chi connectivity index (χ4v) is 1.13. The predicted octanol–water partition coefficient (Wildman–Crippen LogP) is 0.811. The third-order valence-corrected chi connectivity index (χ3v) is 1.84. The number of aryl methyl sites for hydroxylation is 1. The van der Waals surface area contributed by atoms with E-state index in [1.807, 2.05) is 25.1 Å². The van der Waals surface area contributed by atoms with E-state index in [2.05, 4.69) is 21.1 Å². The minimum Gasteiger partial charge on any atom is -0.398 e. The molecule has 1 aromatic carbocycles. The Morgan fingerprint density at radius 1 is 1.38 bits per heavy atom. The van der Waals surface area contributed by atoms with Crippen LogP contribution in [0.15, 0.2) is 22.7 Å². The Labute approximate surface area is 87.1 Å². The molecule has 0 radical (unpaired) electrons. The van der Waals surface area contributed by atoms with Gasteiger partial charge in [0.05, 0.1) is 0 Å². The van der Waals surface area contributed by atoms with E-state index in [1.165, 1.54) is 5.56 Å². The zero-order valence-electron chi connectivity index (χ0n) is 7.03. The van der Waals surface area contributed by atoms with Gasteiger partial charge in [-0.1, -0.05) is 6.07 Å². The van der Waals surface area contributed by atoms with Crippen LogP contribution in [0.3, 0.4) is 0 Å². The summed E-state index contributed by atoms with van der Waals surface area (Å²) >= 11 is 3.32. The lowest BCUT2D eigenvalue weighted by molar-refractivity contribution is 0.616.